The Balaban J connectivity index is 1.85. The maximum Gasteiger partial charge on any atom is 0.118 e. The normalized spacial score (nSPS) is 22.5. The SMILES string of the molecule is COc1ccc(C(CCNC2CCC(C)CC2)CCC(C)C)cc1. The third-order valence-corrected chi connectivity index (χ3v) is 5.62. The van der Waals surface area contributed by atoms with E-state index in [1.54, 1.807) is 7.11 Å². The molecule has 1 aliphatic rings. The molecule has 1 unspecified atom stereocenters. The van der Waals surface area contributed by atoms with E-state index in [0.717, 1.165) is 30.2 Å². The molecule has 1 aromatic carbocycles. The van der Waals surface area contributed by atoms with Crippen molar-refractivity contribution in [2.75, 3.05) is 13.7 Å². The van der Waals surface area contributed by atoms with Gasteiger partial charge in [0.25, 0.3) is 0 Å². The van der Waals surface area contributed by atoms with Crippen molar-refractivity contribution >= 4 is 0 Å². The number of hydrogen-bond donors (Lipinski definition) is 1. The van der Waals surface area contributed by atoms with Gasteiger partial charge < -0.3 is 10.1 Å². The van der Waals surface area contributed by atoms with E-state index in [1.807, 2.05) is 0 Å². The highest BCUT2D eigenvalue weighted by atomic mass is 16.5. The van der Waals surface area contributed by atoms with Crippen LogP contribution in [0.2, 0.25) is 0 Å². The molecule has 1 N–H and O–H groups in total. The van der Waals surface area contributed by atoms with Crippen LogP contribution in [0.3, 0.4) is 0 Å². The highest BCUT2D eigenvalue weighted by molar-refractivity contribution is 5.29. The molecule has 0 saturated heterocycles. The first-order chi connectivity index (χ1) is 11.6. The fourth-order valence-corrected chi connectivity index (χ4v) is 3.81. The molecule has 1 fully saturated rings. The minimum Gasteiger partial charge on any atom is -0.497 e. The molecule has 1 atom stereocenters. The Morgan fingerprint density at radius 2 is 1.67 bits per heavy atom. The lowest BCUT2D eigenvalue weighted by molar-refractivity contribution is 0.304. The summed E-state index contributed by atoms with van der Waals surface area (Å²) in [6.07, 6.45) is 9.34. The monoisotopic (exact) mass is 331 g/mol. The van der Waals surface area contributed by atoms with Gasteiger partial charge in [-0.1, -0.05) is 39.3 Å². The molecule has 1 aromatic rings. The summed E-state index contributed by atoms with van der Waals surface area (Å²) in [5, 5.41) is 3.83. The fraction of sp³-hybridized carbons (Fsp3) is 0.727. The average molecular weight is 332 g/mol. The zero-order valence-corrected chi connectivity index (χ0v) is 16.2. The second-order valence-electron chi connectivity index (χ2n) is 8.14. The first kappa shape index (κ1) is 19.3. The van der Waals surface area contributed by atoms with E-state index in [1.165, 1.54) is 50.5 Å². The van der Waals surface area contributed by atoms with Gasteiger partial charge in [0.1, 0.15) is 5.75 Å². The van der Waals surface area contributed by atoms with E-state index < -0.39 is 0 Å². The Morgan fingerprint density at radius 3 is 2.25 bits per heavy atom. The number of hydrogen-bond acceptors (Lipinski definition) is 2. The molecule has 0 aliphatic heterocycles. The van der Waals surface area contributed by atoms with Crippen LogP contribution in [0.25, 0.3) is 0 Å². The summed E-state index contributed by atoms with van der Waals surface area (Å²) in [7, 11) is 1.74. The van der Waals surface area contributed by atoms with Gasteiger partial charge in [-0.25, -0.2) is 0 Å². The second kappa shape index (κ2) is 10.1. The summed E-state index contributed by atoms with van der Waals surface area (Å²) in [5.74, 6) is 3.32. The minimum absolute atomic E-state index is 0.660. The van der Waals surface area contributed by atoms with Crippen LogP contribution >= 0.6 is 0 Å². The van der Waals surface area contributed by atoms with Crippen LogP contribution in [0.5, 0.6) is 5.75 Å². The van der Waals surface area contributed by atoms with Crippen molar-refractivity contribution in [2.45, 2.75) is 77.7 Å². The third-order valence-electron chi connectivity index (χ3n) is 5.62. The average Bonchev–Trinajstić information content (AvgIpc) is 2.59. The maximum absolute atomic E-state index is 5.30. The van der Waals surface area contributed by atoms with Crippen molar-refractivity contribution < 1.29 is 4.74 Å². The van der Waals surface area contributed by atoms with Crippen molar-refractivity contribution in [3.05, 3.63) is 29.8 Å². The highest BCUT2D eigenvalue weighted by Gasteiger charge is 2.18. The largest absolute Gasteiger partial charge is 0.497 e. The van der Waals surface area contributed by atoms with Crippen molar-refractivity contribution in [3.63, 3.8) is 0 Å². The Hall–Kier alpha value is -1.02. The summed E-state index contributed by atoms with van der Waals surface area (Å²) >= 11 is 0. The van der Waals surface area contributed by atoms with E-state index in [0.29, 0.717) is 5.92 Å². The number of methoxy groups -OCH3 is 1. The Morgan fingerprint density at radius 1 is 1.00 bits per heavy atom. The molecule has 0 bridgehead atoms. The molecule has 0 radical (unpaired) electrons. The summed E-state index contributed by atoms with van der Waals surface area (Å²) in [6.45, 7) is 8.19. The third kappa shape index (κ3) is 6.47. The molecular weight excluding hydrogens is 294 g/mol. The molecule has 24 heavy (non-hydrogen) atoms. The van der Waals surface area contributed by atoms with E-state index >= 15 is 0 Å². The first-order valence-corrected chi connectivity index (χ1v) is 9.95. The van der Waals surface area contributed by atoms with Gasteiger partial charge in [-0.2, -0.15) is 0 Å². The zero-order valence-electron chi connectivity index (χ0n) is 16.2. The summed E-state index contributed by atoms with van der Waals surface area (Å²) < 4.78 is 5.30. The molecule has 2 rings (SSSR count). The predicted molar refractivity (Wildman–Crippen MR) is 104 cm³/mol. The Labute approximate surface area is 149 Å². The molecular formula is C22H37NO. The van der Waals surface area contributed by atoms with Crippen LogP contribution in [0.1, 0.15) is 77.2 Å². The van der Waals surface area contributed by atoms with Crippen LogP contribution in [-0.4, -0.2) is 19.7 Å². The van der Waals surface area contributed by atoms with Gasteiger partial charge in [-0.05, 0) is 80.5 Å². The van der Waals surface area contributed by atoms with E-state index in [-0.39, 0.29) is 0 Å². The van der Waals surface area contributed by atoms with Crippen molar-refractivity contribution in [1.82, 2.24) is 5.32 Å². The smallest absolute Gasteiger partial charge is 0.118 e. The second-order valence-corrected chi connectivity index (χ2v) is 8.14. The van der Waals surface area contributed by atoms with Crippen molar-refractivity contribution in [3.8, 4) is 5.75 Å². The molecule has 0 heterocycles. The zero-order chi connectivity index (χ0) is 17.4. The quantitative estimate of drug-likeness (QED) is 0.620. The fourth-order valence-electron chi connectivity index (χ4n) is 3.81. The topological polar surface area (TPSA) is 21.3 Å². The molecule has 0 aromatic heterocycles. The van der Waals surface area contributed by atoms with Crippen LogP contribution < -0.4 is 10.1 Å². The van der Waals surface area contributed by atoms with Gasteiger partial charge in [0.15, 0.2) is 0 Å². The standard InChI is InChI=1S/C22H37NO/c1-17(2)5-8-20(19-9-13-22(24-4)14-10-19)15-16-23-21-11-6-18(3)7-12-21/h9-10,13-14,17-18,20-21,23H,5-8,11-12,15-16H2,1-4H3. The van der Waals surface area contributed by atoms with Gasteiger partial charge in [-0.15, -0.1) is 0 Å². The van der Waals surface area contributed by atoms with Gasteiger partial charge >= 0.3 is 0 Å². The Kier molecular flexibility index (Phi) is 8.11. The molecule has 136 valence electrons. The lowest BCUT2D eigenvalue weighted by Crippen LogP contribution is -2.33. The number of nitrogens with one attached hydrogen (secondary N) is 1. The number of benzene rings is 1. The lowest BCUT2D eigenvalue weighted by atomic mass is 9.86. The highest BCUT2D eigenvalue weighted by Crippen LogP contribution is 2.29. The predicted octanol–water partition coefficient (Wildman–Crippen LogP) is 5.77. The van der Waals surface area contributed by atoms with Gasteiger partial charge in [0.05, 0.1) is 7.11 Å². The van der Waals surface area contributed by atoms with Crippen molar-refractivity contribution in [1.29, 1.82) is 0 Å². The molecule has 2 nitrogen and oxygen atoms in total. The summed E-state index contributed by atoms with van der Waals surface area (Å²) in [5.41, 5.74) is 1.47. The van der Waals surface area contributed by atoms with Gasteiger partial charge in [-0.3, -0.25) is 0 Å². The maximum atomic E-state index is 5.30. The van der Waals surface area contributed by atoms with Gasteiger partial charge in [0.2, 0.25) is 0 Å². The summed E-state index contributed by atoms with van der Waals surface area (Å²) in [4.78, 5) is 0. The van der Waals surface area contributed by atoms with Crippen LogP contribution in [-0.2, 0) is 0 Å². The molecule has 1 saturated carbocycles. The van der Waals surface area contributed by atoms with Crippen LogP contribution in [0.4, 0.5) is 0 Å². The first-order valence-electron chi connectivity index (χ1n) is 9.95. The minimum atomic E-state index is 0.660. The van der Waals surface area contributed by atoms with E-state index in [9.17, 15) is 0 Å². The molecule has 2 heteroatoms. The van der Waals surface area contributed by atoms with Crippen LogP contribution in [0, 0.1) is 11.8 Å². The molecule has 1 aliphatic carbocycles. The Bertz CT molecular complexity index is 446. The van der Waals surface area contributed by atoms with Crippen molar-refractivity contribution in [2.24, 2.45) is 11.8 Å². The molecule has 0 amide bonds. The summed E-state index contributed by atoms with van der Waals surface area (Å²) in [6, 6.07) is 9.47. The molecule has 0 spiro atoms. The van der Waals surface area contributed by atoms with E-state index in [2.05, 4.69) is 50.4 Å². The lowest BCUT2D eigenvalue weighted by Gasteiger charge is -2.28. The number of rotatable bonds is 9. The van der Waals surface area contributed by atoms with Crippen LogP contribution in [0.15, 0.2) is 24.3 Å². The van der Waals surface area contributed by atoms with E-state index in [4.69, 9.17) is 4.74 Å². The van der Waals surface area contributed by atoms with Gasteiger partial charge in [0, 0.05) is 6.04 Å². The number of ether oxygens (including phenoxy) is 1.